The van der Waals surface area contributed by atoms with Crippen molar-refractivity contribution in [2.24, 2.45) is 5.92 Å². The van der Waals surface area contributed by atoms with Crippen LogP contribution >= 0.6 is 15.9 Å². The number of nitro groups is 1. The minimum atomic E-state index is -0.364. The van der Waals surface area contributed by atoms with Crippen molar-refractivity contribution in [2.45, 2.75) is 32.4 Å². The number of carbonyl (C=O) groups is 1. The Labute approximate surface area is 137 Å². The summed E-state index contributed by atoms with van der Waals surface area (Å²) in [6, 6.07) is 5.34. The quantitative estimate of drug-likeness (QED) is 0.418. The third-order valence-corrected chi connectivity index (χ3v) is 4.28. The van der Waals surface area contributed by atoms with Crippen molar-refractivity contribution in [1.82, 2.24) is 4.90 Å². The van der Waals surface area contributed by atoms with Gasteiger partial charge in [-0.3, -0.25) is 19.8 Å². The molecule has 1 saturated carbocycles. The Kier molecular flexibility index (Phi) is 5.52. The summed E-state index contributed by atoms with van der Waals surface area (Å²) >= 11 is 3.36. The van der Waals surface area contributed by atoms with Gasteiger partial charge >= 0.3 is 5.97 Å². The summed E-state index contributed by atoms with van der Waals surface area (Å²) in [5, 5.41) is 11.2. The van der Waals surface area contributed by atoms with Crippen LogP contribution in [0.25, 0.3) is 0 Å². The molecular formula is C15H19BrN2O4. The molecule has 6 nitrogen and oxygen atoms in total. The maximum atomic E-state index is 11.6. The van der Waals surface area contributed by atoms with E-state index in [-0.39, 0.29) is 22.5 Å². The van der Waals surface area contributed by atoms with Gasteiger partial charge in [0, 0.05) is 35.2 Å². The molecule has 1 aliphatic carbocycles. The zero-order chi connectivity index (χ0) is 16.3. The van der Waals surface area contributed by atoms with Crippen LogP contribution in [0.15, 0.2) is 22.7 Å². The van der Waals surface area contributed by atoms with Crippen molar-refractivity contribution >= 4 is 27.6 Å². The van der Waals surface area contributed by atoms with Crippen LogP contribution in [0.2, 0.25) is 0 Å². The van der Waals surface area contributed by atoms with Gasteiger partial charge in [0.15, 0.2) is 0 Å². The highest BCUT2D eigenvalue weighted by atomic mass is 79.9. The monoisotopic (exact) mass is 370 g/mol. The number of hydrogen-bond donors (Lipinski definition) is 0. The molecule has 0 N–H and O–H groups in total. The first-order chi connectivity index (χ1) is 10.4. The van der Waals surface area contributed by atoms with E-state index < -0.39 is 0 Å². The fourth-order valence-electron chi connectivity index (χ4n) is 2.49. The molecule has 0 saturated heterocycles. The zero-order valence-corrected chi connectivity index (χ0v) is 14.2. The predicted octanol–water partition coefficient (Wildman–Crippen LogP) is 3.13. The molecule has 22 heavy (non-hydrogen) atoms. The number of nitro benzene ring substituents is 1. The second-order valence-electron chi connectivity index (χ2n) is 5.61. The first kappa shape index (κ1) is 16.9. The van der Waals surface area contributed by atoms with E-state index in [4.69, 9.17) is 4.74 Å². The van der Waals surface area contributed by atoms with Crippen molar-refractivity contribution in [3.05, 3.63) is 38.3 Å². The van der Waals surface area contributed by atoms with Crippen LogP contribution in [0.5, 0.6) is 0 Å². The number of halogens is 1. The molecule has 0 bridgehead atoms. The third-order valence-electron chi connectivity index (χ3n) is 3.79. The normalized spacial score (nSPS) is 15.6. The Bertz CT molecular complexity index is 575. The summed E-state index contributed by atoms with van der Waals surface area (Å²) in [5.74, 6) is -0.508. The molecule has 0 heterocycles. The van der Waals surface area contributed by atoms with Gasteiger partial charge in [-0.05, 0) is 25.0 Å². The van der Waals surface area contributed by atoms with Gasteiger partial charge in [-0.2, -0.15) is 0 Å². The van der Waals surface area contributed by atoms with Crippen LogP contribution in [0.1, 0.15) is 25.3 Å². The van der Waals surface area contributed by atoms with Crippen LogP contribution in [0.4, 0.5) is 5.69 Å². The van der Waals surface area contributed by atoms with E-state index in [9.17, 15) is 14.9 Å². The Balaban J connectivity index is 2.16. The maximum Gasteiger partial charge on any atom is 0.309 e. The molecule has 0 spiro atoms. The summed E-state index contributed by atoms with van der Waals surface area (Å²) in [7, 11) is 1.37. The molecule has 1 aliphatic rings. The number of hydrogen-bond acceptors (Lipinski definition) is 5. The van der Waals surface area contributed by atoms with Gasteiger partial charge < -0.3 is 4.74 Å². The average molecular weight is 371 g/mol. The second kappa shape index (κ2) is 7.19. The Hall–Kier alpha value is -1.47. The van der Waals surface area contributed by atoms with Gasteiger partial charge in [-0.15, -0.1) is 0 Å². The number of nitrogens with zero attached hydrogens (tertiary/aromatic N) is 2. The molecule has 7 heteroatoms. The molecule has 0 aromatic heterocycles. The van der Waals surface area contributed by atoms with E-state index in [1.807, 2.05) is 6.92 Å². The minimum Gasteiger partial charge on any atom is -0.469 e. The molecule has 1 atom stereocenters. The average Bonchev–Trinajstić information content (AvgIpc) is 3.29. The highest BCUT2D eigenvalue weighted by Gasteiger charge is 2.32. The van der Waals surface area contributed by atoms with Gasteiger partial charge in [0.05, 0.1) is 18.0 Å². The van der Waals surface area contributed by atoms with Crippen molar-refractivity contribution in [2.75, 3.05) is 13.7 Å². The van der Waals surface area contributed by atoms with Crippen molar-refractivity contribution in [1.29, 1.82) is 0 Å². The molecule has 0 radical (unpaired) electrons. The van der Waals surface area contributed by atoms with Gasteiger partial charge in [0.1, 0.15) is 0 Å². The molecule has 0 unspecified atom stereocenters. The second-order valence-corrected chi connectivity index (χ2v) is 6.53. The molecule has 120 valence electrons. The lowest BCUT2D eigenvalue weighted by Gasteiger charge is -2.24. The zero-order valence-electron chi connectivity index (χ0n) is 12.6. The van der Waals surface area contributed by atoms with Crippen LogP contribution in [0, 0.1) is 16.0 Å². The summed E-state index contributed by atoms with van der Waals surface area (Å²) in [4.78, 5) is 24.6. The van der Waals surface area contributed by atoms with Crippen molar-refractivity contribution in [3.8, 4) is 0 Å². The van der Waals surface area contributed by atoms with Crippen LogP contribution in [0.3, 0.4) is 0 Å². The largest absolute Gasteiger partial charge is 0.469 e. The highest BCUT2D eigenvalue weighted by molar-refractivity contribution is 9.10. The van der Waals surface area contributed by atoms with Gasteiger partial charge in [0.25, 0.3) is 5.69 Å². The fourth-order valence-corrected chi connectivity index (χ4v) is 2.90. The van der Waals surface area contributed by atoms with E-state index >= 15 is 0 Å². The van der Waals surface area contributed by atoms with E-state index in [1.165, 1.54) is 13.2 Å². The molecule has 1 fully saturated rings. The van der Waals surface area contributed by atoms with Crippen molar-refractivity contribution in [3.63, 3.8) is 0 Å². The van der Waals surface area contributed by atoms with Crippen LogP contribution in [-0.2, 0) is 16.1 Å². The molecule has 1 aromatic carbocycles. The first-order valence-electron chi connectivity index (χ1n) is 7.17. The molecular weight excluding hydrogens is 352 g/mol. The van der Waals surface area contributed by atoms with Gasteiger partial charge in [0.2, 0.25) is 0 Å². The molecule has 1 aromatic rings. The number of carbonyl (C=O) groups excluding carboxylic acids is 1. The Morgan fingerprint density at radius 3 is 2.77 bits per heavy atom. The summed E-state index contributed by atoms with van der Waals surface area (Å²) in [5.41, 5.74) is 0.767. The topological polar surface area (TPSA) is 72.7 Å². The summed E-state index contributed by atoms with van der Waals surface area (Å²) in [6.45, 7) is 2.82. The van der Waals surface area contributed by atoms with E-state index in [2.05, 4.69) is 20.8 Å². The molecule has 0 aliphatic heterocycles. The minimum absolute atomic E-state index is 0.111. The maximum absolute atomic E-state index is 11.6. The standard InChI is InChI=1S/C15H19BrN2O4/c1-10(15(19)22-2)8-17(13-4-5-13)9-11-7-12(16)3-6-14(11)18(20)21/h3,6-7,10,13H,4-5,8-9H2,1-2H3/t10-/m0/s1. The summed E-state index contributed by atoms with van der Waals surface area (Å²) in [6.07, 6.45) is 2.13. The van der Waals surface area contributed by atoms with E-state index in [0.717, 1.165) is 17.3 Å². The predicted molar refractivity (Wildman–Crippen MR) is 85.4 cm³/mol. The van der Waals surface area contributed by atoms with Gasteiger partial charge in [-0.25, -0.2) is 0 Å². The SMILES string of the molecule is COC(=O)[C@@H](C)CN(Cc1cc(Br)ccc1[N+](=O)[O-])C1CC1. The Morgan fingerprint density at radius 1 is 1.55 bits per heavy atom. The van der Waals surface area contributed by atoms with E-state index in [0.29, 0.717) is 24.7 Å². The molecule has 0 amide bonds. The lowest BCUT2D eigenvalue weighted by molar-refractivity contribution is -0.385. The third kappa shape index (κ3) is 4.27. The van der Waals surface area contributed by atoms with Crippen LogP contribution < -0.4 is 0 Å². The van der Waals surface area contributed by atoms with Gasteiger partial charge in [-0.1, -0.05) is 22.9 Å². The Morgan fingerprint density at radius 2 is 2.23 bits per heavy atom. The number of esters is 1. The van der Waals surface area contributed by atoms with Crippen molar-refractivity contribution < 1.29 is 14.5 Å². The number of ether oxygens (including phenoxy) is 1. The number of rotatable bonds is 7. The molecule has 2 rings (SSSR count). The fraction of sp³-hybridized carbons (Fsp3) is 0.533. The van der Waals surface area contributed by atoms with Crippen LogP contribution in [-0.4, -0.2) is 35.5 Å². The van der Waals surface area contributed by atoms with E-state index in [1.54, 1.807) is 12.1 Å². The smallest absolute Gasteiger partial charge is 0.309 e. The number of methoxy groups -OCH3 is 1. The summed E-state index contributed by atoms with van der Waals surface area (Å²) < 4.78 is 5.57. The lowest BCUT2D eigenvalue weighted by atomic mass is 10.1. The number of benzene rings is 1. The highest BCUT2D eigenvalue weighted by Crippen LogP contribution is 2.32. The lowest BCUT2D eigenvalue weighted by Crippen LogP contribution is -2.33. The first-order valence-corrected chi connectivity index (χ1v) is 7.96.